The Morgan fingerprint density at radius 3 is 0.959 bits per heavy atom. The Kier molecular flexibility index (Phi) is 48.1. The second kappa shape index (κ2) is 49.4. The van der Waals surface area contributed by atoms with Gasteiger partial charge in [-0.25, -0.2) is 9.13 Å². The number of aliphatic hydroxyl groups excluding tert-OH is 1. The van der Waals surface area contributed by atoms with E-state index in [2.05, 4.69) is 34.6 Å². The first-order valence-electron chi connectivity index (χ1n) is 29.2. The highest BCUT2D eigenvalue weighted by molar-refractivity contribution is 7.47. The number of unbranched alkanes of at least 4 members (excludes halogenated alkanes) is 26. The Morgan fingerprint density at radius 2 is 0.649 bits per heavy atom. The van der Waals surface area contributed by atoms with Gasteiger partial charge in [0.1, 0.15) is 19.3 Å². The summed E-state index contributed by atoms with van der Waals surface area (Å²) in [6, 6.07) is 0. The number of hydrogen-bond acceptors (Lipinski definition) is 15. The molecular weight excluding hydrogens is 995 g/mol. The average Bonchev–Trinajstić information content (AvgIpc) is 3.37. The maximum atomic E-state index is 12.9. The number of phosphoric acid groups is 2. The number of hydrogen-bond donors (Lipinski definition) is 3. The highest BCUT2D eigenvalue weighted by Gasteiger charge is 2.30. The van der Waals surface area contributed by atoms with E-state index < -0.39 is 97.5 Å². The van der Waals surface area contributed by atoms with Crippen LogP contribution in [0.5, 0.6) is 0 Å². The van der Waals surface area contributed by atoms with E-state index in [1.165, 1.54) is 70.6 Å². The van der Waals surface area contributed by atoms with Gasteiger partial charge in [-0.3, -0.25) is 37.3 Å². The van der Waals surface area contributed by atoms with Gasteiger partial charge in [-0.15, -0.1) is 0 Å². The van der Waals surface area contributed by atoms with Crippen molar-refractivity contribution in [3.05, 3.63) is 0 Å². The molecule has 0 spiro atoms. The summed E-state index contributed by atoms with van der Waals surface area (Å²) in [5, 5.41) is 10.4. The summed E-state index contributed by atoms with van der Waals surface area (Å²) in [7, 11) is -9.85. The Balaban J connectivity index is 5.18. The maximum absolute atomic E-state index is 12.9. The number of rotatable bonds is 55. The van der Waals surface area contributed by atoms with E-state index in [0.29, 0.717) is 25.7 Å². The van der Waals surface area contributed by atoms with E-state index in [-0.39, 0.29) is 25.7 Å². The van der Waals surface area contributed by atoms with Gasteiger partial charge in [0, 0.05) is 25.7 Å². The zero-order valence-corrected chi connectivity index (χ0v) is 48.7. The second-order valence-electron chi connectivity index (χ2n) is 20.2. The van der Waals surface area contributed by atoms with Gasteiger partial charge in [0.15, 0.2) is 12.2 Å². The molecule has 0 saturated heterocycles. The molecule has 0 aliphatic rings. The molecule has 0 fully saturated rings. The van der Waals surface area contributed by atoms with Crippen LogP contribution in [-0.2, 0) is 65.4 Å². The lowest BCUT2D eigenvalue weighted by Gasteiger charge is -2.21. The summed E-state index contributed by atoms with van der Waals surface area (Å²) >= 11 is 0. The number of phosphoric ester groups is 2. The first-order chi connectivity index (χ1) is 35.6. The fourth-order valence-electron chi connectivity index (χ4n) is 7.96. The van der Waals surface area contributed by atoms with Crippen LogP contribution < -0.4 is 0 Å². The predicted octanol–water partition coefficient (Wildman–Crippen LogP) is 14.3. The van der Waals surface area contributed by atoms with Gasteiger partial charge in [0.25, 0.3) is 0 Å². The fourth-order valence-corrected chi connectivity index (χ4v) is 9.54. The Hall–Kier alpha value is -1.94. The van der Waals surface area contributed by atoms with E-state index in [1.807, 2.05) is 0 Å². The number of carbonyl (C=O) groups is 4. The molecule has 0 bridgehead atoms. The summed E-state index contributed by atoms with van der Waals surface area (Å²) in [5.41, 5.74) is 0. The van der Waals surface area contributed by atoms with E-state index in [1.54, 1.807) is 0 Å². The van der Waals surface area contributed by atoms with Crippen LogP contribution >= 0.6 is 15.6 Å². The third kappa shape index (κ3) is 48.4. The van der Waals surface area contributed by atoms with E-state index in [4.69, 9.17) is 37.0 Å². The fraction of sp³-hybridized carbons (Fsp3) is 0.927. The van der Waals surface area contributed by atoms with Crippen LogP contribution in [0.15, 0.2) is 0 Å². The maximum Gasteiger partial charge on any atom is 0.472 e. The highest BCUT2D eigenvalue weighted by atomic mass is 31.2. The minimum absolute atomic E-state index is 0.103. The molecule has 74 heavy (non-hydrogen) atoms. The SMILES string of the molecule is CCCCCCCCCCCCC(=O)OC[C@H](COP(=O)(O)OC[C@@H](O)COP(=O)(O)OC[C@@H](COC(=O)CCCCCCC)OC(=O)CCCCCCCCC)OC(=O)CCCCCCCCCCC(C)CC. The van der Waals surface area contributed by atoms with Crippen LogP contribution in [0.25, 0.3) is 0 Å². The van der Waals surface area contributed by atoms with Gasteiger partial charge in [-0.1, -0.05) is 214 Å². The molecule has 0 aromatic heterocycles. The quantitative estimate of drug-likeness (QED) is 0.0222. The molecule has 0 amide bonds. The molecule has 0 radical (unpaired) electrons. The van der Waals surface area contributed by atoms with E-state index in [0.717, 1.165) is 115 Å². The number of ether oxygens (including phenoxy) is 4. The van der Waals surface area contributed by atoms with Crippen molar-refractivity contribution in [2.75, 3.05) is 39.6 Å². The molecule has 17 nitrogen and oxygen atoms in total. The molecule has 0 heterocycles. The van der Waals surface area contributed by atoms with Crippen molar-refractivity contribution in [1.82, 2.24) is 0 Å². The Labute approximate surface area is 447 Å². The van der Waals surface area contributed by atoms with Gasteiger partial charge in [-0.05, 0) is 31.6 Å². The van der Waals surface area contributed by atoms with Crippen LogP contribution in [0.2, 0.25) is 0 Å². The van der Waals surface area contributed by atoms with Gasteiger partial charge in [0.2, 0.25) is 0 Å². The van der Waals surface area contributed by atoms with Crippen molar-refractivity contribution in [3.8, 4) is 0 Å². The highest BCUT2D eigenvalue weighted by Crippen LogP contribution is 2.45. The summed E-state index contributed by atoms with van der Waals surface area (Å²) in [6.07, 6.45) is 29.8. The molecule has 0 aromatic carbocycles. The number of esters is 4. The zero-order chi connectivity index (χ0) is 55.0. The third-order valence-electron chi connectivity index (χ3n) is 12.9. The average molecular weight is 1100 g/mol. The molecule has 0 aliphatic carbocycles. The summed E-state index contributed by atoms with van der Waals surface area (Å²) < 4.78 is 67.3. The van der Waals surface area contributed by atoms with Crippen molar-refractivity contribution >= 4 is 39.5 Å². The number of carbonyl (C=O) groups excluding carboxylic acids is 4. The number of aliphatic hydroxyl groups is 1. The van der Waals surface area contributed by atoms with Crippen LogP contribution in [0, 0.1) is 5.92 Å². The van der Waals surface area contributed by atoms with Crippen LogP contribution in [-0.4, -0.2) is 96.7 Å². The van der Waals surface area contributed by atoms with Crippen molar-refractivity contribution < 1.29 is 80.2 Å². The lowest BCUT2D eigenvalue weighted by atomic mass is 9.99. The van der Waals surface area contributed by atoms with Gasteiger partial charge < -0.3 is 33.8 Å². The topological polar surface area (TPSA) is 237 Å². The van der Waals surface area contributed by atoms with E-state index in [9.17, 15) is 43.2 Å². The molecule has 0 rings (SSSR count). The Morgan fingerprint density at radius 1 is 0.378 bits per heavy atom. The normalized spacial score (nSPS) is 14.9. The van der Waals surface area contributed by atoms with Crippen LogP contribution in [0.1, 0.15) is 266 Å². The van der Waals surface area contributed by atoms with Crippen molar-refractivity contribution in [3.63, 3.8) is 0 Å². The third-order valence-corrected chi connectivity index (χ3v) is 14.8. The lowest BCUT2D eigenvalue weighted by molar-refractivity contribution is -0.161. The molecule has 0 saturated carbocycles. The summed E-state index contributed by atoms with van der Waals surface area (Å²) in [6.45, 7) is 6.98. The van der Waals surface area contributed by atoms with Crippen LogP contribution in [0.4, 0.5) is 0 Å². The molecule has 0 aliphatic heterocycles. The minimum Gasteiger partial charge on any atom is -0.462 e. The van der Waals surface area contributed by atoms with Gasteiger partial charge >= 0.3 is 39.5 Å². The smallest absolute Gasteiger partial charge is 0.462 e. The molecule has 438 valence electrons. The lowest BCUT2D eigenvalue weighted by Crippen LogP contribution is -2.30. The largest absolute Gasteiger partial charge is 0.472 e. The minimum atomic E-state index is -4.93. The molecule has 6 atom stereocenters. The van der Waals surface area contributed by atoms with Crippen LogP contribution in [0.3, 0.4) is 0 Å². The molecule has 3 N–H and O–H groups in total. The molecule has 19 heteroatoms. The zero-order valence-electron chi connectivity index (χ0n) is 47.0. The second-order valence-corrected chi connectivity index (χ2v) is 23.1. The van der Waals surface area contributed by atoms with Crippen molar-refractivity contribution in [2.45, 2.75) is 284 Å². The molecule has 3 unspecified atom stereocenters. The molecular formula is C55H106O17P2. The van der Waals surface area contributed by atoms with E-state index >= 15 is 0 Å². The summed E-state index contributed by atoms with van der Waals surface area (Å²) in [4.78, 5) is 71.4. The first kappa shape index (κ1) is 72.1. The Bertz CT molecular complexity index is 1470. The monoisotopic (exact) mass is 1100 g/mol. The van der Waals surface area contributed by atoms with Crippen molar-refractivity contribution in [2.24, 2.45) is 5.92 Å². The standard InChI is InChI=1S/C55H106O17P2/c1-6-10-13-16-18-19-20-25-29-34-39-53(58)66-45-51(72-55(60)41-36-31-26-22-21-24-28-32-37-48(5)9-4)47-70-74(63,64)68-43-49(56)42-67-73(61,62)69-46-50(44-65-52(57)38-33-27-15-12-8-3)71-54(59)40-35-30-23-17-14-11-7-2/h48-51,56H,6-47H2,1-5H3,(H,61,62)(H,63,64)/t48?,49-,50+,51+/m0/s1. The van der Waals surface area contributed by atoms with Gasteiger partial charge in [-0.2, -0.15) is 0 Å². The predicted molar refractivity (Wildman–Crippen MR) is 289 cm³/mol. The summed E-state index contributed by atoms with van der Waals surface area (Å²) in [5.74, 6) is -1.39. The van der Waals surface area contributed by atoms with Gasteiger partial charge in [0.05, 0.1) is 26.4 Å². The first-order valence-corrected chi connectivity index (χ1v) is 32.2. The van der Waals surface area contributed by atoms with Crippen molar-refractivity contribution in [1.29, 1.82) is 0 Å². The molecule has 0 aromatic rings.